The van der Waals surface area contributed by atoms with Gasteiger partial charge in [0.25, 0.3) is 0 Å². The monoisotopic (exact) mass is 387 g/mol. The molecule has 0 bridgehead atoms. The number of aromatic nitrogens is 2. The van der Waals surface area contributed by atoms with Gasteiger partial charge in [0, 0.05) is 37.6 Å². The lowest BCUT2D eigenvalue weighted by Gasteiger charge is -2.35. The fraction of sp³-hybridized carbons (Fsp3) is 0.650. The highest BCUT2D eigenvalue weighted by atomic mass is 32.1. The molecule has 1 aliphatic heterocycles. The quantitative estimate of drug-likeness (QED) is 0.854. The van der Waals surface area contributed by atoms with Crippen LogP contribution in [0.1, 0.15) is 37.1 Å². The molecule has 1 N–H and O–H groups in total. The Morgan fingerprint density at radius 2 is 2.11 bits per heavy atom. The minimum absolute atomic E-state index is 0.135. The van der Waals surface area contributed by atoms with Crippen molar-refractivity contribution in [1.82, 2.24) is 20.2 Å². The number of hydrogen-bond acceptors (Lipinski definition) is 6. The van der Waals surface area contributed by atoms with Crippen LogP contribution in [-0.2, 0) is 17.6 Å². The van der Waals surface area contributed by atoms with Crippen LogP contribution in [0, 0.1) is 5.92 Å². The lowest BCUT2D eigenvalue weighted by molar-refractivity contribution is -0.122. The third-order valence-corrected chi connectivity index (χ3v) is 6.85. The van der Waals surface area contributed by atoms with Crippen LogP contribution < -0.4 is 10.2 Å². The van der Waals surface area contributed by atoms with Gasteiger partial charge < -0.3 is 10.2 Å². The van der Waals surface area contributed by atoms with Crippen LogP contribution in [0.15, 0.2) is 6.33 Å². The second kappa shape index (κ2) is 8.10. The van der Waals surface area contributed by atoms with Gasteiger partial charge in [-0.2, -0.15) is 0 Å². The lowest BCUT2D eigenvalue weighted by Crippen LogP contribution is -2.49. The second-order valence-corrected chi connectivity index (χ2v) is 8.93. The normalized spacial score (nSPS) is 20.7. The van der Waals surface area contributed by atoms with Gasteiger partial charge in [-0.1, -0.05) is 13.8 Å². The summed E-state index contributed by atoms with van der Waals surface area (Å²) in [4.78, 5) is 28.5. The molecular formula is C20H29N5OS. The maximum atomic E-state index is 12.0. The van der Waals surface area contributed by atoms with E-state index in [0.717, 1.165) is 62.1 Å². The van der Waals surface area contributed by atoms with E-state index in [-0.39, 0.29) is 5.91 Å². The molecule has 1 atom stereocenters. The summed E-state index contributed by atoms with van der Waals surface area (Å²) in [6, 6.07) is 0. The zero-order valence-electron chi connectivity index (χ0n) is 16.3. The van der Waals surface area contributed by atoms with Crippen LogP contribution in [0.25, 0.3) is 10.2 Å². The Labute approximate surface area is 165 Å². The van der Waals surface area contributed by atoms with Gasteiger partial charge in [0.15, 0.2) is 0 Å². The Balaban J connectivity index is 1.47. The first-order chi connectivity index (χ1) is 13.2. The minimum atomic E-state index is 0.135. The number of carbonyl (C=O) groups is 1. The third-order valence-electron chi connectivity index (χ3n) is 5.68. The molecule has 0 unspecified atom stereocenters. The summed E-state index contributed by atoms with van der Waals surface area (Å²) in [5.41, 5.74) is 1.49. The Bertz CT molecular complexity index is 812. The van der Waals surface area contributed by atoms with E-state index in [9.17, 15) is 4.79 Å². The van der Waals surface area contributed by atoms with E-state index in [0.29, 0.717) is 6.54 Å². The molecular weight excluding hydrogens is 358 g/mol. The molecule has 1 amide bonds. The number of aryl methyl sites for hydroxylation is 1. The van der Waals surface area contributed by atoms with E-state index in [1.54, 1.807) is 6.33 Å². The zero-order valence-corrected chi connectivity index (χ0v) is 17.1. The van der Waals surface area contributed by atoms with Gasteiger partial charge in [0.2, 0.25) is 5.91 Å². The Morgan fingerprint density at radius 3 is 2.89 bits per heavy atom. The molecule has 1 saturated heterocycles. The van der Waals surface area contributed by atoms with Crippen LogP contribution in [-0.4, -0.2) is 60.0 Å². The summed E-state index contributed by atoms with van der Waals surface area (Å²) < 4.78 is 0. The first-order valence-corrected chi connectivity index (χ1v) is 11.0. The van der Waals surface area contributed by atoms with Crippen LogP contribution in [0.2, 0.25) is 0 Å². The van der Waals surface area contributed by atoms with Gasteiger partial charge in [-0.25, -0.2) is 9.97 Å². The van der Waals surface area contributed by atoms with E-state index in [1.165, 1.54) is 28.7 Å². The number of thiophene rings is 1. The molecule has 0 aromatic carbocycles. The van der Waals surface area contributed by atoms with Crippen LogP contribution >= 0.6 is 11.3 Å². The molecule has 27 heavy (non-hydrogen) atoms. The zero-order chi connectivity index (χ0) is 18.8. The molecule has 3 heterocycles. The number of nitrogens with one attached hydrogen (secondary N) is 1. The Hall–Kier alpha value is -1.73. The fourth-order valence-corrected chi connectivity index (χ4v) is 5.48. The summed E-state index contributed by atoms with van der Waals surface area (Å²) in [7, 11) is 0. The van der Waals surface area contributed by atoms with E-state index in [4.69, 9.17) is 0 Å². The van der Waals surface area contributed by atoms with Crippen molar-refractivity contribution in [3.63, 3.8) is 0 Å². The molecule has 0 spiro atoms. The van der Waals surface area contributed by atoms with Gasteiger partial charge in [-0.15, -0.1) is 11.3 Å². The molecule has 2 aromatic heterocycles. The predicted molar refractivity (Wildman–Crippen MR) is 111 cm³/mol. The Kier molecular flexibility index (Phi) is 5.59. The standard InChI is InChI=1S/C20H29N5OS/c1-3-6-21-17(26)12-24-7-9-25(10-8-24)19-18-15-5-4-14(2)11-16(15)27-20(18)23-13-22-19/h13-14H,3-12H2,1-2H3,(H,21,26)/t14-/m0/s1. The van der Waals surface area contributed by atoms with Gasteiger partial charge in [-0.3, -0.25) is 9.69 Å². The van der Waals surface area contributed by atoms with Gasteiger partial charge in [0.1, 0.15) is 17.0 Å². The molecule has 0 saturated carbocycles. The summed E-state index contributed by atoms with van der Waals surface area (Å²) in [5, 5.41) is 4.26. The molecule has 6 nitrogen and oxygen atoms in total. The van der Waals surface area contributed by atoms with Crippen molar-refractivity contribution in [1.29, 1.82) is 0 Å². The van der Waals surface area contributed by atoms with Crippen LogP contribution in [0.3, 0.4) is 0 Å². The molecule has 1 fully saturated rings. The van der Waals surface area contributed by atoms with Gasteiger partial charge in [-0.05, 0) is 37.2 Å². The molecule has 2 aliphatic rings. The highest BCUT2D eigenvalue weighted by Gasteiger charge is 2.26. The maximum Gasteiger partial charge on any atom is 0.234 e. The SMILES string of the molecule is CCCNC(=O)CN1CCN(c2ncnc3sc4c(c23)CC[C@H](C)C4)CC1. The van der Waals surface area contributed by atoms with Crippen LogP contribution in [0.5, 0.6) is 0 Å². The summed E-state index contributed by atoms with van der Waals surface area (Å²) in [6.45, 7) is 9.30. The summed E-state index contributed by atoms with van der Waals surface area (Å²) >= 11 is 1.86. The fourth-order valence-electron chi connectivity index (χ4n) is 4.14. The number of anilines is 1. The van der Waals surface area contributed by atoms with Crippen molar-refractivity contribution >= 4 is 33.3 Å². The summed E-state index contributed by atoms with van der Waals surface area (Å²) in [6.07, 6.45) is 6.28. The van der Waals surface area contributed by atoms with Crippen molar-refractivity contribution in [3.8, 4) is 0 Å². The first-order valence-electron chi connectivity index (χ1n) is 10.1. The number of carbonyl (C=O) groups excluding carboxylic acids is 1. The average Bonchev–Trinajstić information content (AvgIpc) is 3.04. The molecule has 7 heteroatoms. The number of amides is 1. The molecule has 2 aromatic rings. The number of fused-ring (bicyclic) bond motifs is 3. The minimum Gasteiger partial charge on any atom is -0.355 e. The van der Waals surface area contributed by atoms with Gasteiger partial charge >= 0.3 is 0 Å². The predicted octanol–water partition coefficient (Wildman–Crippen LogP) is 2.46. The smallest absolute Gasteiger partial charge is 0.234 e. The van der Waals surface area contributed by atoms with Gasteiger partial charge in [0.05, 0.1) is 11.9 Å². The highest BCUT2D eigenvalue weighted by Crippen LogP contribution is 2.40. The highest BCUT2D eigenvalue weighted by molar-refractivity contribution is 7.19. The average molecular weight is 388 g/mol. The third kappa shape index (κ3) is 3.94. The van der Waals surface area contributed by atoms with Crippen molar-refractivity contribution in [2.45, 2.75) is 39.5 Å². The maximum absolute atomic E-state index is 12.0. The number of rotatable bonds is 5. The van der Waals surface area contributed by atoms with E-state index in [1.807, 2.05) is 11.3 Å². The molecule has 4 rings (SSSR count). The van der Waals surface area contributed by atoms with Crippen molar-refractivity contribution < 1.29 is 4.79 Å². The first kappa shape index (κ1) is 18.6. The largest absolute Gasteiger partial charge is 0.355 e. The van der Waals surface area contributed by atoms with Crippen molar-refractivity contribution in [2.75, 3.05) is 44.2 Å². The number of hydrogen-bond donors (Lipinski definition) is 1. The number of piperazine rings is 1. The lowest BCUT2D eigenvalue weighted by atomic mass is 9.89. The van der Waals surface area contributed by atoms with E-state index in [2.05, 4.69) is 38.9 Å². The van der Waals surface area contributed by atoms with Crippen molar-refractivity contribution in [2.24, 2.45) is 5.92 Å². The van der Waals surface area contributed by atoms with Crippen molar-refractivity contribution in [3.05, 3.63) is 16.8 Å². The topological polar surface area (TPSA) is 61.4 Å². The second-order valence-electron chi connectivity index (χ2n) is 7.84. The Morgan fingerprint density at radius 1 is 1.30 bits per heavy atom. The van der Waals surface area contributed by atoms with E-state index >= 15 is 0 Å². The molecule has 146 valence electrons. The molecule has 1 aliphatic carbocycles. The van der Waals surface area contributed by atoms with E-state index < -0.39 is 0 Å². The van der Waals surface area contributed by atoms with Crippen LogP contribution in [0.4, 0.5) is 5.82 Å². The molecule has 0 radical (unpaired) electrons. The number of nitrogens with zero attached hydrogens (tertiary/aromatic N) is 4. The summed E-state index contributed by atoms with van der Waals surface area (Å²) in [5.74, 6) is 2.00.